The number of imidazole rings is 1. The number of aryl methyl sites for hydroxylation is 3. The number of aromatic nitrogens is 4. The molecule has 0 saturated heterocycles. The number of hydrogen-bond donors (Lipinski definition) is 0. The summed E-state index contributed by atoms with van der Waals surface area (Å²) in [5.41, 5.74) is 5.42. The Morgan fingerprint density at radius 1 is 0.750 bits per heavy atom. The van der Waals surface area contributed by atoms with Gasteiger partial charge in [0.25, 0.3) is 0 Å². The summed E-state index contributed by atoms with van der Waals surface area (Å²) in [6, 6.07) is 26.2. The molecule has 0 fully saturated rings. The van der Waals surface area contributed by atoms with Crippen LogP contribution in [0.2, 0.25) is 0 Å². The van der Waals surface area contributed by atoms with Crippen LogP contribution in [0.3, 0.4) is 0 Å². The molecule has 0 atom stereocenters. The summed E-state index contributed by atoms with van der Waals surface area (Å²) >= 11 is 0. The number of fused-ring (bicyclic) bond motifs is 6. The molecule has 0 bridgehead atoms. The summed E-state index contributed by atoms with van der Waals surface area (Å²) in [7, 11) is 0. The van der Waals surface area contributed by atoms with Crippen LogP contribution < -0.4 is 5.43 Å². The van der Waals surface area contributed by atoms with Crippen molar-refractivity contribution in [2.45, 2.75) is 26.3 Å². The molecule has 5 nitrogen and oxygen atoms in total. The van der Waals surface area contributed by atoms with Crippen molar-refractivity contribution in [1.29, 1.82) is 0 Å². The van der Waals surface area contributed by atoms with Crippen LogP contribution in [0.4, 0.5) is 0 Å². The molecule has 0 amide bonds. The van der Waals surface area contributed by atoms with Gasteiger partial charge >= 0.3 is 0 Å². The Balaban J connectivity index is 1.74. The van der Waals surface area contributed by atoms with E-state index in [1.54, 1.807) is 0 Å². The average molecular weight is 419 g/mol. The molecule has 3 aromatic carbocycles. The zero-order valence-corrected chi connectivity index (χ0v) is 17.8. The first-order valence-corrected chi connectivity index (χ1v) is 11.0. The molecular weight excluding hydrogens is 396 g/mol. The topological polar surface area (TPSA) is 52.2 Å². The summed E-state index contributed by atoms with van der Waals surface area (Å²) in [6.45, 7) is 2.81. The van der Waals surface area contributed by atoms with Crippen LogP contribution >= 0.6 is 0 Å². The van der Waals surface area contributed by atoms with E-state index in [0.717, 1.165) is 41.8 Å². The molecule has 3 aromatic heterocycles. The van der Waals surface area contributed by atoms with Gasteiger partial charge in [0.15, 0.2) is 5.65 Å². The summed E-state index contributed by atoms with van der Waals surface area (Å²) in [5.74, 6) is 0.918. The number of benzene rings is 3. The van der Waals surface area contributed by atoms with Gasteiger partial charge in [0.1, 0.15) is 16.9 Å². The number of hydrogen-bond acceptors (Lipinski definition) is 3. The lowest BCUT2D eigenvalue weighted by Gasteiger charge is -2.15. The van der Waals surface area contributed by atoms with Gasteiger partial charge in [0.05, 0.1) is 16.6 Å². The molecule has 0 N–H and O–H groups in total. The highest BCUT2D eigenvalue weighted by atomic mass is 16.1. The lowest BCUT2D eigenvalue weighted by molar-refractivity contribution is 0.788. The normalized spacial score (nSPS) is 11.8. The maximum Gasteiger partial charge on any atom is 0.202 e. The van der Waals surface area contributed by atoms with E-state index in [2.05, 4.69) is 40.2 Å². The van der Waals surface area contributed by atoms with Crippen molar-refractivity contribution >= 4 is 38.6 Å². The van der Waals surface area contributed by atoms with E-state index in [1.807, 2.05) is 54.6 Å². The van der Waals surface area contributed by atoms with Crippen LogP contribution in [-0.2, 0) is 19.4 Å². The van der Waals surface area contributed by atoms with Crippen molar-refractivity contribution in [3.8, 4) is 0 Å². The number of pyridine rings is 1. The van der Waals surface area contributed by atoms with Crippen LogP contribution in [0, 0.1) is 0 Å². The fourth-order valence-corrected chi connectivity index (χ4v) is 4.72. The SMILES string of the molecule is CCn1c2ccccc2c(=O)c2c1nc(CCc1ccccc1)n1c3ccccc3nc21. The van der Waals surface area contributed by atoms with E-state index in [-0.39, 0.29) is 5.43 Å². The molecule has 0 unspecified atom stereocenters. The Morgan fingerprint density at radius 2 is 1.47 bits per heavy atom. The zero-order valence-electron chi connectivity index (χ0n) is 17.8. The van der Waals surface area contributed by atoms with Crippen molar-refractivity contribution in [3.05, 3.63) is 100 Å². The zero-order chi connectivity index (χ0) is 21.7. The van der Waals surface area contributed by atoms with E-state index in [4.69, 9.17) is 9.97 Å². The van der Waals surface area contributed by atoms with E-state index < -0.39 is 0 Å². The predicted molar refractivity (Wildman–Crippen MR) is 129 cm³/mol. The molecule has 6 aromatic rings. The van der Waals surface area contributed by atoms with Crippen LogP contribution in [0.5, 0.6) is 0 Å². The third kappa shape index (κ3) is 2.74. The smallest absolute Gasteiger partial charge is 0.202 e. The Hall–Kier alpha value is -3.99. The first-order chi connectivity index (χ1) is 15.8. The minimum absolute atomic E-state index is 0.0114. The maximum absolute atomic E-state index is 13.6. The van der Waals surface area contributed by atoms with Crippen LogP contribution in [0.15, 0.2) is 83.7 Å². The fraction of sp³-hybridized carbons (Fsp3) is 0.148. The lowest BCUT2D eigenvalue weighted by atomic mass is 10.1. The Labute approximate surface area is 184 Å². The number of para-hydroxylation sites is 3. The molecule has 32 heavy (non-hydrogen) atoms. The van der Waals surface area contributed by atoms with E-state index >= 15 is 0 Å². The van der Waals surface area contributed by atoms with E-state index in [9.17, 15) is 4.79 Å². The van der Waals surface area contributed by atoms with Crippen molar-refractivity contribution in [1.82, 2.24) is 18.9 Å². The fourth-order valence-electron chi connectivity index (χ4n) is 4.72. The van der Waals surface area contributed by atoms with Gasteiger partial charge in [-0.1, -0.05) is 54.6 Å². The summed E-state index contributed by atoms with van der Waals surface area (Å²) in [4.78, 5) is 23.7. The predicted octanol–water partition coefficient (Wildman–Crippen LogP) is 5.16. The quantitative estimate of drug-likeness (QED) is 0.372. The highest BCUT2D eigenvalue weighted by Gasteiger charge is 2.20. The molecule has 3 heterocycles. The standard InChI is InChI=1S/C27H22N4O/c1-2-30-21-14-8-6-12-19(21)25(32)24-26(30)29-23(17-16-18-10-4-3-5-11-18)31-22-15-9-7-13-20(22)28-27(24)31/h3-15H,2,16-17H2,1H3. The monoisotopic (exact) mass is 418 g/mol. The molecule has 0 saturated carbocycles. The van der Waals surface area contributed by atoms with Gasteiger partial charge in [0, 0.05) is 18.4 Å². The molecule has 0 radical (unpaired) electrons. The molecule has 0 aliphatic heterocycles. The van der Waals surface area contributed by atoms with Crippen LogP contribution in [0.25, 0.3) is 38.6 Å². The Morgan fingerprint density at radius 3 is 2.28 bits per heavy atom. The summed E-state index contributed by atoms with van der Waals surface area (Å²) < 4.78 is 4.22. The maximum atomic E-state index is 13.6. The van der Waals surface area contributed by atoms with Crippen molar-refractivity contribution in [3.63, 3.8) is 0 Å². The minimum Gasteiger partial charge on any atom is -0.325 e. The first-order valence-electron chi connectivity index (χ1n) is 11.0. The molecular formula is C27H22N4O. The van der Waals surface area contributed by atoms with Gasteiger partial charge in [-0.2, -0.15) is 0 Å². The van der Waals surface area contributed by atoms with Gasteiger partial charge in [-0.3, -0.25) is 9.20 Å². The minimum atomic E-state index is -0.0114. The van der Waals surface area contributed by atoms with Gasteiger partial charge in [-0.15, -0.1) is 0 Å². The Bertz CT molecular complexity index is 1680. The molecule has 156 valence electrons. The third-order valence-electron chi connectivity index (χ3n) is 6.22. The molecule has 5 heteroatoms. The number of rotatable bonds is 4. The van der Waals surface area contributed by atoms with Crippen molar-refractivity contribution in [2.75, 3.05) is 0 Å². The van der Waals surface area contributed by atoms with E-state index in [0.29, 0.717) is 22.1 Å². The molecule has 0 aliphatic carbocycles. The summed E-state index contributed by atoms with van der Waals surface area (Å²) in [5, 5.41) is 1.29. The molecule has 0 aliphatic rings. The highest BCUT2D eigenvalue weighted by molar-refractivity contribution is 6.01. The lowest BCUT2D eigenvalue weighted by Crippen LogP contribution is -2.16. The van der Waals surface area contributed by atoms with Gasteiger partial charge < -0.3 is 4.57 Å². The van der Waals surface area contributed by atoms with Gasteiger partial charge in [-0.05, 0) is 43.2 Å². The summed E-state index contributed by atoms with van der Waals surface area (Å²) in [6.07, 6.45) is 1.62. The second-order valence-electron chi connectivity index (χ2n) is 8.06. The van der Waals surface area contributed by atoms with Crippen LogP contribution in [-0.4, -0.2) is 18.9 Å². The van der Waals surface area contributed by atoms with Gasteiger partial charge in [-0.25, -0.2) is 9.97 Å². The third-order valence-corrected chi connectivity index (χ3v) is 6.22. The average Bonchev–Trinajstić information content (AvgIpc) is 3.23. The van der Waals surface area contributed by atoms with Crippen molar-refractivity contribution in [2.24, 2.45) is 0 Å². The second kappa shape index (κ2) is 7.31. The molecule has 0 spiro atoms. The van der Waals surface area contributed by atoms with Gasteiger partial charge in [0.2, 0.25) is 5.43 Å². The first kappa shape index (κ1) is 18.8. The second-order valence-corrected chi connectivity index (χ2v) is 8.06. The van der Waals surface area contributed by atoms with E-state index in [1.165, 1.54) is 5.56 Å². The highest BCUT2D eigenvalue weighted by Crippen LogP contribution is 2.26. The van der Waals surface area contributed by atoms with Crippen molar-refractivity contribution < 1.29 is 0 Å². The number of nitrogens with zero attached hydrogens (tertiary/aromatic N) is 4. The molecule has 6 rings (SSSR count). The Kier molecular flexibility index (Phi) is 4.28. The van der Waals surface area contributed by atoms with Crippen LogP contribution in [0.1, 0.15) is 18.3 Å². The largest absolute Gasteiger partial charge is 0.325 e.